The van der Waals surface area contributed by atoms with Gasteiger partial charge in [0.25, 0.3) is 10.0 Å². The van der Waals surface area contributed by atoms with Crippen molar-refractivity contribution >= 4 is 21.6 Å². The molecule has 114 valence electrons. The summed E-state index contributed by atoms with van der Waals surface area (Å²) in [7, 11) is 0.425. The first-order valence-electron chi connectivity index (χ1n) is 6.57. The Kier molecular flexibility index (Phi) is 6.88. The van der Waals surface area contributed by atoms with Crippen molar-refractivity contribution in [2.45, 2.75) is 24.3 Å². The van der Waals surface area contributed by atoms with Crippen molar-refractivity contribution in [3.63, 3.8) is 0 Å². The average molecular weight is 320 g/mol. The minimum absolute atomic E-state index is 0.0815. The first-order valence-corrected chi connectivity index (χ1v) is 8.55. The zero-order valence-corrected chi connectivity index (χ0v) is 13.8. The molecular weight excluding hydrogens is 298 g/mol. The summed E-state index contributed by atoms with van der Waals surface area (Å²) in [6, 6.07) is 3.21. The molecule has 0 fully saturated rings. The third-order valence-corrected chi connectivity index (χ3v) is 5.12. The van der Waals surface area contributed by atoms with Crippen LogP contribution in [0, 0.1) is 0 Å². The first-order chi connectivity index (χ1) is 9.41. The number of hydrogen-bond donors (Lipinski definition) is 0. The van der Waals surface area contributed by atoms with Gasteiger partial charge < -0.3 is 4.90 Å². The lowest BCUT2D eigenvalue weighted by molar-refractivity contribution is 0.355. The molecular formula is C13H22ClN3O2S. The Hall–Kier alpha value is -0.690. The maximum Gasteiger partial charge on any atom is 0.260 e. The van der Waals surface area contributed by atoms with Crippen LogP contribution in [0.5, 0.6) is 0 Å². The van der Waals surface area contributed by atoms with Crippen LogP contribution in [0.2, 0.25) is 0 Å². The Morgan fingerprint density at radius 2 is 1.95 bits per heavy atom. The Balaban J connectivity index is 2.82. The second-order valence-corrected chi connectivity index (χ2v) is 6.94. The average Bonchev–Trinajstić information content (AvgIpc) is 2.43. The van der Waals surface area contributed by atoms with Gasteiger partial charge in [0.15, 0.2) is 5.03 Å². The van der Waals surface area contributed by atoms with Gasteiger partial charge in [-0.2, -0.15) is 4.31 Å². The van der Waals surface area contributed by atoms with Crippen molar-refractivity contribution < 1.29 is 8.42 Å². The Labute approximate surface area is 126 Å². The SMILES string of the molecule is CCN(CCCN(C)C)S(=O)(=O)c1ccc(CCl)cn1. The molecule has 0 N–H and O–H groups in total. The van der Waals surface area contributed by atoms with Crippen LogP contribution < -0.4 is 0 Å². The number of rotatable bonds is 8. The molecule has 1 aromatic rings. The summed E-state index contributed by atoms with van der Waals surface area (Å²) in [5.41, 5.74) is 0.807. The quantitative estimate of drug-likeness (QED) is 0.685. The molecule has 1 aromatic heterocycles. The molecule has 0 bridgehead atoms. The van der Waals surface area contributed by atoms with E-state index in [2.05, 4.69) is 4.98 Å². The van der Waals surface area contributed by atoms with Gasteiger partial charge in [-0.15, -0.1) is 11.6 Å². The van der Waals surface area contributed by atoms with Crippen LogP contribution in [0.4, 0.5) is 0 Å². The first kappa shape index (κ1) is 17.4. The summed E-state index contributed by atoms with van der Waals surface area (Å²) < 4.78 is 26.4. The molecule has 0 atom stereocenters. The largest absolute Gasteiger partial charge is 0.309 e. The van der Waals surface area contributed by atoms with Crippen LogP contribution in [0.15, 0.2) is 23.4 Å². The van der Waals surface area contributed by atoms with Crippen molar-refractivity contribution in [2.75, 3.05) is 33.7 Å². The summed E-state index contributed by atoms with van der Waals surface area (Å²) in [5, 5.41) is 0.0815. The molecule has 20 heavy (non-hydrogen) atoms. The number of hydrogen-bond acceptors (Lipinski definition) is 4. The van der Waals surface area contributed by atoms with Crippen molar-refractivity contribution in [1.82, 2.24) is 14.2 Å². The van der Waals surface area contributed by atoms with Crippen molar-refractivity contribution in [1.29, 1.82) is 0 Å². The summed E-state index contributed by atoms with van der Waals surface area (Å²) in [5.74, 6) is 0.327. The molecule has 0 aliphatic carbocycles. The number of pyridine rings is 1. The van der Waals surface area contributed by atoms with Crippen LogP contribution >= 0.6 is 11.6 Å². The Morgan fingerprint density at radius 1 is 1.25 bits per heavy atom. The Bertz CT molecular complexity index is 503. The summed E-state index contributed by atoms with van der Waals surface area (Å²) >= 11 is 5.68. The zero-order valence-electron chi connectivity index (χ0n) is 12.2. The summed E-state index contributed by atoms with van der Waals surface area (Å²) in [6.45, 7) is 3.62. The Morgan fingerprint density at radius 3 is 2.40 bits per heavy atom. The minimum Gasteiger partial charge on any atom is -0.309 e. The second-order valence-electron chi connectivity index (χ2n) is 4.79. The van der Waals surface area contributed by atoms with Gasteiger partial charge in [0.1, 0.15) is 0 Å². The van der Waals surface area contributed by atoms with Gasteiger partial charge in [-0.05, 0) is 38.7 Å². The van der Waals surface area contributed by atoms with Crippen LogP contribution in [-0.2, 0) is 15.9 Å². The molecule has 0 aromatic carbocycles. The predicted octanol–water partition coefficient (Wildman–Crippen LogP) is 1.78. The fourth-order valence-corrected chi connectivity index (χ4v) is 3.34. The summed E-state index contributed by atoms with van der Waals surface area (Å²) in [4.78, 5) is 6.04. The predicted molar refractivity (Wildman–Crippen MR) is 81.4 cm³/mol. The fraction of sp³-hybridized carbons (Fsp3) is 0.615. The van der Waals surface area contributed by atoms with E-state index in [1.54, 1.807) is 6.07 Å². The lowest BCUT2D eigenvalue weighted by Gasteiger charge is -2.20. The van der Waals surface area contributed by atoms with E-state index in [1.807, 2.05) is 25.9 Å². The van der Waals surface area contributed by atoms with Gasteiger partial charge in [-0.25, -0.2) is 13.4 Å². The van der Waals surface area contributed by atoms with Gasteiger partial charge in [-0.3, -0.25) is 0 Å². The van der Waals surface area contributed by atoms with Gasteiger partial charge in [0.05, 0.1) is 0 Å². The van der Waals surface area contributed by atoms with E-state index in [0.29, 0.717) is 19.0 Å². The summed E-state index contributed by atoms with van der Waals surface area (Å²) in [6.07, 6.45) is 2.30. The van der Waals surface area contributed by atoms with Crippen molar-refractivity contribution in [2.24, 2.45) is 0 Å². The maximum absolute atomic E-state index is 12.5. The molecule has 0 aliphatic heterocycles. The molecule has 0 aliphatic rings. The van der Waals surface area contributed by atoms with E-state index in [-0.39, 0.29) is 5.03 Å². The van der Waals surface area contributed by atoms with E-state index >= 15 is 0 Å². The smallest absolute Gasteiger partial charge is 0.260 e. The highest BCUT2D eigenvalue weighted by Crippen LogP contribution is 2.14. The third kappa shape index (κ3) is 4.70. The second kappa shape index (κ2) is 7.93. The molecule has 0 radical (unpaired) electrons. The van der Waals surface area contributed by atoms with Crippen LogP contribution in [-0.4, -0.2) is 56.3 Å². The van der Waals surface area contributed by atoms with Crippen LogP contribution in [0.3, 0.4) is 0 Å². The standard InChI is InChI=1S/C13H22ClN3O2S/c1-4-17(9-5-8-16(2)3)20(18,19)13-7-6-12(10-14)11-15-13/h6-7,11H,4-5,8-10H2,1-3H3. The molecule has 1 heterocycles. The molecule has 0 saturated heterocycles. The number of aromatic nitrogens is 1. The third-order valence-electron chi connectivity index (χ3n) is 2.92. The van der Waals surface area contributed by atoms with Crippen molar-refractivity contribution in [3.05, 3.63) is 23.9 Å². The minimum atomic E-state index is -3.51. The lowest BCUT2D eigenvalue weighted by atomic mass is 10.3. The zero-order chi connectivity index (χ0) is 15.2. The normalized spacial score (nSPS) is 12.3. The van der Waals surface area contributed by atoms with E-state index in [4.69, 9.17) is 11.6 Å². The van der Waals surface area contributed by atoms with Crippen molar-refractivity contribution in [3.8, 4) is 0 Å². The number of halogens is 1. The molecule has 0 saturated carbocycles. The van der Waals surface area contributed by atoms with E-state index < -0.39 is 10.0 Å². The maximum atomic E-state index is 12.5. The topological polar surface area (TPSA) is 53.5 Å². The highest BCUT2D eigenvalue weighted by atomic mass is 35.5. The van der Waals surface area contributed by atoms with Gasteiger partial charge in [-0.1, -0.05) is 13.0 Å². The molecule has 0 unspecified atom stereocenters. The molecule has 1 rings (SSSR count). The molecule has 7 heteroatoms. The highest BCUT2D eigenvalue weighted by Gasteiger charge is 2.23. The van der Waals surface area contributed by atoms with Crippen LogP contribution in [0.25, 0.3) is 0 Å². The number of nitrogens with zero attached hydrogens (tertiary/aromatic N) is 3. The van der Waals surface area contributed by atoms with Gasteiger partial charge >= 0.3 is 0 Å². The monoisotopic (exact) mass is 319 g/mol. The number of alkyl halides is 1. The molecule has 0 spiro atoms. The van der Waals surface area contributed by atoms with E-state index in [0.717, 1.165) is 18.5 Å². The van der Waals surface area contributed by atoms with E-state index in [9.17, 15) is 8.42 Å². The van der Waals surface area contributed by atoms with Crippen LogP contribution in [0.1, 0.15) is 18.9 Å². The fourth-order valence-electron chi connectivity index (χ4n) is 1.79. The van der Waals surface area contributed by atoms with E-state index in [1.165, 1.54) is 16.6 Å². The number of sulfonamides is 1. The van der Waals surface area contributed by atoms with Gasteiger partial charge in [0.2, 0.25) is 0 Å². The highest BCUT2D eigenvalue weighted by molar-refractivity contribution is 7.89. The lowest BCUT2D eigenvalue weighted by Crippen LogP contribution is -2.33. The van der Waals surface area contributed by atoms with Gasteiger partial charge in [0, 0.05) is 25.2 Å². The molecule has 5 nitrogen and oxygen atoms in total. The molecule has 0 amide bonds.